The van der Waals surface area contributed by atoms with Gasteiger partial charge in [-0.3, -0.25) is 9.78 Å². The normalized spacial score (nSPS) is 12.3. The van der Waals surface area contributed by atoms with Gasteiger partial charge in [-0.25, -0.2) is 0 Å². The third-order valence-electron chi connectivity index (χ3n) is 5.08. The molecular weight excluding hydrogens is 365 g/mol. The van der Waals surface area contributed by atoms with Crippen molar-refractivity contribution in [2.45, 2.75) is 18.9 Å². The molecule has 0 fully saturated rings. The van der Waals surface area contributed by atoms with E-state index >= 15 is 0 Å². The highest BCUT2D eigenvalue weighted by atomic mass is 16.4. The van der Waals surface area contributed by atoms with E-state index in [9.17, 15) is 14.8 Å². The number of nitrogens with zero attached hydrogens (tertiary/aromatic N) is 2. The average Bonchev–Trinajstić information content (AvgIpc) is 2.69. The van der Waals surface area contributed by atoms with Crippen LogP contribution in [0.2, 0.25) is 0 Å². The SMILES string of the molecule is CN(C)Cc1c(B(O)O)cccc1C(CN)C(=O)Cc1ccc2cnccc2c1. The standard InChI is InChI=1S/C22H26BN3O3/c1-26(2)14-20-18(4-3-5-21(20)23(28)29)19(12-24)22(27)11-15-6-7-17-13-25-9-8-16(17)10-15/h3-10,13,19,28-29H,11-12,14,24H2,1-2H3. The Morgan fingerprint density at radius 2 is 1.97 bits per heavy atom. The molecule has 4 N–H and O–H groups in total. The van der Waals surface area contributed by atoms with Gasteiger partial charge in [0.25, 0.3) is 0 Å². The number of Topliss-reactive ketones (excluding diaryl/α,β-unsaturated/α-hetero) is 1. The van der Waals surface area contributed by atoms with Gasteiger partial charge in [0.2, 0.25) is 0 Å². The smallest absolute Gasteiger partial charge is 0.423 e. The molecule has 0 bridgehead atoms. The molecule has 0 aliphatic heterocycles. The van der Waals surface area contributed by atoms with Crippen LogP contribution in [0.25, 0.3) is 10.8 Å². The van der Waals surface area contributed by atoms with E-state index in [-0.39, 0.29) is 18.7 Å². The Bertz CT molecular complexity index is 1010. The number of nitrogens with two attached hydrogens (primary N) is 1. The van der Waals surface area contributed by atoms with E-state index < -0.39 is 13.0 Å². The van der Waals surface area contributed by atoms with Crippen molar-refractivity contribution in [3.63, 3.8) is 0 Å². The largest absolute Gasteiger partial charge is 0.488 e. The van der Waals surface area contributed by atoms with Crippen LogP contribution in [0.4, 0.5) is 0 Å². The molecule has 0 aliphatic rings. The predicted molar refractivity (Wildman–Crippen MR) is 116 cm³/mol. The minimum Gasteiger partial charge on any atom is -0.423 e. The van der Waals surface area contributed by atoms with Crippen LogP contribution < -0.4 is 11.2 Å². The quantitative estimate of drug-likeness (QED) is 0.492. The van der Waals surface area contributed by atoms with E-state index in [0.717, 1.165) is 27.5 Å². The number of carbonyl (C=O) groups excluding carboxylic acids is 1. The Hall–Kier alpha value is -2.58. The van der Waals surface area contributed by atoms with Crippen LogP contribution in [-0.4, -0.2) is 53.5 Å². The van der Waals surface area contributed by atoms with Crippen molar-refractivity contribution < 1.29 is 14.8 Å². The van der Waals surface area contributed by atoms with Gasteiger partial charge in [0.1, 0.15) is 5.78 Å². The first-order valence-electron chi connectivity index (χ1n) is 9.58. The van der Waals surface area contributed by atoms with Gasteiger partial charge in [0, 0.05) is 37.3 Å². The van der Waals surface area contributed by atoms with Crippen molar-refractivity contribution in [2.75, 3.05) is 20.6 Å². The summed E-state index contributed by atoms with van der Waals surface area (Å²) >= 11 is 0. The molecule has 1 aromatic heterocycles. The summed E-state index contributed by atoms with van der Waals surface area (Å²) in [5.74, 6) is -0.512. The third-order valence-corrected chi connectivity index (χ3v) is 5.08. The minimum absolute atomic E-state index is 0.00509. The summed E-state index contributed by atoms with van der Waals surface area (Å²) < 4.78 is 0. The van der Waals surface area contributed by atoms with Gasteiger partial charge < -0.3 is 20.7 Å². The molecule has 0 radical (unpaired) electrons. The van der Waals surface area contributed by atoms with Gasteiger partial charge in [0.15, 0.2) is 0 Å². The lowest BCUT2D eigenvalue weighted by atomic mass is 9.73. The zero-order chi connectivity index (χ0) is 21.0. The molecular formula is C22H26BN3O3. The summed E-state index contributed by atoms with van der Waals surface area (Å²) in [6.07, 6.45) is 3.78. The lowest BCUT2D eigenvalue weighted by Crippen LogP contribution is -2.37. The molecule has 0 saturated heterocycles. The molecule has 3 aromatic rings. The van der Waals surface area contributed by atoms with Crippen LogP contribution in [0.5, 0.6) is 0 Å². The highest BCUT2D eigenvalue weighted by Crippen LogP contribution is 2.23. The maximum absolute atomic E-state index is 13.2. The molecule has 1 unspecified atom stereocenters. The second kappa shape index (κ2) is 9.28. The summed E-state index contributed by atoms with van der Waals surface area (Å²) in [6.45, 7) is 0.637. The van der Waals surface area contributed by atoms with Crippen molar-refractivity contribution in [1.29, 1.82) is 0 Å². The molecule has 6 nitrogen and oxygen atoms in total. The highest BCUT2D eigenvalue weighted by molar-refractivity contribution is 6.59. The zero-order valence-electron chi connectivity index (χ0n) is 16.7. The molecule has 1 atom stereocenters. The van der Waals surface area contributed by atoms with Crippen LogP contribution >= 0.6 is 0 Å². The Balaban J connectivity index is 1.93. The first-order valence-corrected chi connectivity index (χ1v) is 9.58. The molecule has 7 heteroatoms. The molecule has 0 spiro atoms. The van der Waals surface area contributed by atoms with E-state index in [4.69, 9.17) is 5.73 Å². The number of carbonyl (C=O) groups is 1. The Morgan fingerprint density at radius 3 is 2.66 bits per heavy atom. The number of rotatable bonds is 8. The lowest BCUT2D eigenvalue weighted by Gasteiger charge is -2.23. The molecule has 150 valence electrons. The van der Waals surface area contributed by atoms with Crippen molar-refractivity contribution >= 4 is 29.1 Å². The fourth-order valence-electron chi connectivity index (χ4n) is 3.69. The van der Waals surface area contributed by atoms with Crippen LogP contribution in [0.15, 0.2) is 54.9 Å². The predicted octanol–water partition coefficient (Wildman–Crippen LogP) is 0.830. The summed E-state index contributed by atoms with van der Waals surface area (Å²) in [4.78, 5) is 19.2. The summed E-state index contributed by atoms with van der Waals surface area (Å²) in [7, 11) is 2.19. The van der Waals surface area contributed by atoms with Gasteiger partial charge in [-0.05, 0) is 47.7 Å². The van der Waals surface area contributed by atoms with Crippen LogP contribution in [-0.2, 0) is 17.8 Å². The zero-order valence-corrected chi connectivity index (χ0v) is 16.7. The molecule has 29 heavy (non-hydrogen) atoms. The first kappa shape index (κ1) is 21.1. The van der Waals surface area contributed by atoms with E-state index in [0.29, 0.717) is 12.0 Å². The fourth-order valence-corrected chi connectivity index (χ4v) is 3.69. The summed E-state index contributed by atoms with van der Waals surface area (Å²) in [5.41, 5.74) is 8.82. The monoisotopic (exact) mass is 391 g/mol. The highest BCUT2D eigenvalue weighted by Gasteiger charge is 2.26. The van der Waals surface area contributed by atoms with Crippen molar-refractivity contribution in [3.8, 4) is 0 Å². The van der Waals surface area contributed by atoms with Gasteiger partial charge in [0.05, 0.1) is 5.92 Å². The average molecular weight is 391 g/mol. The molecule has 1 heterocycles. The fraction of sp³-hybridized carbons (Fsp3) is 0.273. The number of hydrogen-bond donors (Lipinski definition) is 3. The second-order valence-electron chi connectivity index (χ2n) is 7.52. The Morgan fingerprint density at radius 1 is 1.17 bits per heavy atom. The van der Waals surface area contributed by atoms with E-state index in [1.165, 1.54) is 0 Å². The van der Waals surface area contributed by atoms with E-state index in [1.807, 2.05) is 49.3 Å². The van der Waals surface area contributed by atoms with E-state index in [1.54, 1.807) is 24.5 Å². The minimum atomic E-state index is -1.60. The number of hydrogen-bond acceptors (Lipinski definition) is 6. The molecule has 0 saturated carbocycles. The summed E-state index contributed by atoms with van der Waals surface area (Å²) in [5, 5.41) is 21.6. The van der Waals surface area contributed by atoms with Gasteiger partial charge in [-0.15, -0.1) is 0 Å². The van der Waals surface area contributed by atoms with Crippen molar-refractivity contribution in [3.05, 3.63) is 71.5 Å². The number of aromatic nitrogens is 1. The maximum Gasteiger partial charge on any atom is 0.488 e. The first-order chi connectivity index (χ1) is 13.9. The van der Waals surface area contributed by atoms with Gasteiger partial charge in [-0.2, -0.15) is 0 Å². The van der Waals surface area contributed by atoms with Crippen LogP contribution in [0.1, 0.15) is 22.6 Å². The van der Waals surface area contributed by atoms with Crippen LogP contribution in [0.3, 0.4) is 0 Å². The molecule has 0 amide bonds. The van der Waals surface area contributed by atoms with Crippen molar-refractivity contribution in [2.24, 2.45) is 5.73 Å². The maximum atomic E-state index is 13.2. The molecule has 2 aromatic carbocycles. The number of pyridine rings is 1. The van der Waals surface area contributed by atoms with E-state index in [2.05, 4.69) is 4.98 Å². The Labute approximate surface area is 171 Å². The van der Waals surface area contributed by atoms with Gasteiger partial charge in [-0.1, -0.05) is 36.4 Å². The van der Waals surface area contributed by atoms with Crippen molar-refractivity contribution in [1.82, 2.24) is 9.88 Å². The van der Waals surface area contributed by atoms with Crippen LogP contribution in [0, 0.1) is 0 Å². The van der Waals surface area contributed by atoms with Gasteiger partial charge >= 0.3 is 7.12 Å². The molecule has 0 aliphatic carbocycles. The lowest BCUT2D eigenvalue weighted by molar-refractivity contribution is -0.119. The number of benzene rings is 2. The number of ketones is 1. The topological polar surface area (TPSA) is 99.7 Å². The molecule has 3 rings (SSSR count). The third kappa shape index (κ3) is 4.89. The summed E-state index contributed by atoms with van der Waals surface area (Å²) in [6, 6.07) is 13.1. The second-order valence-corrected chi connectivity index (χ2v) is 7.52. The Kier molecular flexibility index (Phi) is 6.77. The number of fused-ring (bicyclic) bond motifs is 1.